The summed E-state index contributed by atoms with van der Waals surface area (Å²) in [5.74, 6) is 0.515. The first-order chi connectivity index (χ1) is 9.15. The summed E-state index contributed by atoms with van der Waals surface area (Å²) in [6, 6.07) is 3.99. The standard InChI is InChI=1S/C13H11ClFN3O/c14-10-6-7(15)3-4-8(10)12-17-11-9(13(19)18-12)2-1-5-16-11/h3-4,6H,1-2,5H2,(H2,16,17,18,19). The number of anilines is 1. The molecule has 0 amide bonds. The first-order valence-electron chi connectivity index (χ1n) is 5.97. The number of halogens is 2. The molecule has 0 saturated heterocycles. The molecule has 3 rings (SSSR count). The fraction of sp³-hybridized carbons (Fsp3) is 0.231. The second-order valence-corrected chi connectivity index (χ2v) is 4.80. The van der Waals surface area contributed by atoms with Crippen molar-refractivity contribution in [1.29, 1.82) is 0 Å². The zero-order valence-corrected chi connectivity index (χ0v) is 10.7. The van der Waals surface area contributed by atoms with E-state index in [-0.39, 0.29) is 10.6 Å². The summed E-state index contributed by atoms with van der Waals surface area (Å²) in [5, 5.41) is 3.32. The largest absolute Gasteiger partial charge is 0.370 e. The van der Waals surface area contributed by atoms with Gasteiger partial charge in [-0.3, -0.25) is 4.79 Å². The molecule has 98 valence electrons. The number of H-pyrrole nitrogens is 1. The number of fused-ring (bicyclic) bond motifs is 1. The number of hydrogen-bond acceptors (Lipinski definition) is 3. The maximum atomic E-state index is 13.0. The van der Waals surface area contributed by atoms with E-state index in [1.807, 2.05) is 0 Å². The Kier molecular flexibility index (Phi) is 2.98. The third-order valence-electron chi connectivity index (χ3n) is 3.10. The maximum absolute atomic E-state index is 13.0. The van der Waals surface area contributed by atoms with Gasteiger partial charge in [0.2, 0.25) is 0 Å². The molecule has 4 nitrogen and oxygen atoms in total. The quantitative estimate of drug-likeness (QED) is 0.843. The Bertz CT molecular complexity index is 699. The van der Waals surface area contributed by atoms with Crippen LogP contribution in [-0.4, -0.2) is 16.5 Å². The molecule has 0 saturated carbocycles. The Hall–Kier alpha value is -1.88. The summed E-state index contributed by atoms with van der Waals surface area (Å²) in [4.78, 5) is 19.0. The Labute approximate surface area is 113 Å². The molecule has 2 heterocycles. The lowest BCUT2D eigenvalue weighted by atomic mass is 10.1. The number of aromatic nitrogens is 2. The summed E-state index contributed by atoms with van der Waals surface area (Å²) in [7, 11) is 0. The minimum Gasteiger partial charge on any atom is -0.370 e. The van der Waals surface area contributed by atoms with Crippen molar-refractivity contribution in [3.63, 3.8) is 0 Å². The van der Waals surface area contributed by atoms with Crippen LogP contribution in [0.4, 0.5) is 10.2 Å². The Morgan fingerprint density at radius 3 is 3.00 bits per heavy atom. The van der Waals surface area contributed by atoms with E-state index in [1.165, 1.54) is 18.2 Å². The molecule has 0 aliphatic carbocycles. The van der Waals surface area contributed by atoms with E-state index in [0.29, 0.717) is 29.2 Å². The molecule has 1 aliphatic heterocycles. The Morgan fingerprint density at radius 1 is 1.37 bits per heavy atom. The highest BCUT2D eigenvalue weighted by Gasteiger charge is 2.16. The van der Waals surface area contributed by atoms with E-state index in [2.05, 4.69) is 15.3 Å². The van der Waals surface area contributed by atoms with Crippen molar-refractivity contribution >= 4 is 17.4 Å². The maximum Gasteiger partial charge on any atom is 0.256 e. The van der Waals surface area contributed by atoms with Gasteiger partial charge in [0.1, 0.15) is 17.5 Å². The molecular formula is C13H11ClFN3O. The summed E-state index contributed by atoms with van der Waals surface area (Å²) >= 11 is 5.98. The number of benzene rings is 1. The molecule has 2 aromatic rings. The van der Waals surface area contributed by atoms with Gasteiger partial charge in [-0.2, -0.15) is 0 Å². The molecule has 19 heavy (non-hydrogen) atoms. The van der Waals surface area contributed by atoms with E-state index >= 15 is 0 Å². The van der Waals surface area contributed by atoms with Crippen LogP contribution >= 0.6 is 11.6 Å². The van der Waals surface area contributed by atoms with Crippen molar-refractivity contribution in [3.8, 4) is 11.4 Å². The van der Waals surface area contributed by atoms with Crippen molar-refractivity contribution in [3.05, 3.63) is 45.0 Å². The van der Waals surface area contributed by atoms with Gasteiger partial charge < -0.3 is 10.3 Å². The highest BCUT2D eigenvalue weighted by atomic mass is 35.5. The number of nitrogens with zero attached hydrogens (tertiary/aromatic N) is 1. The second kappa shape index (κ2) is 4.66. The highest BCUT2D eigenvalue weighted by molar-refractivity contribution is 6.33. The van der Waals surface area contributed by atoms with Gasteiger partial charge in [-0.15, -0.1) is 0 Å². The number of hydrogen-bond donors (Lipinski definition) is 2. The number of aromatic amines is 1. The molecule has 1 aromatic heterocycles. The van der Waals surface area contributed by atoms with Gasteiger partial charge >= 0.3 is 0 Å². The molecule has 2 N–H and O–H groups in total. The molecule has 0 fully saturated rings. The summed E-state index contributed by atoms with van der Waals surface area (Å²) in [5.41, 5.74) is 0.996. The third-order valence-corrected chi connectivity index (χ3v) is 3.41. The zero-order valence-electron chi connectivity index (χ0n) is 9.96. The zero-order chi connectivity index (χ0) is 13.4. The average Bonchev–Trinajstić information content (AvgIpc) is 2.38. The normalized spacial score (nSPS) is 13.8. The van der Waals surface area contributed by atoms with Crippen LogP contribution in [0, 0.1) is 5.82 Å². The topological polar surface area (TPSA) is 57.8 Å². The van der Waals surface area contributed by atoms with E-state index in [1.54, 1.807) is 0 Å². The van der Waals surface area contributed by atoms with Gasteiger partial charge in [0, 0.05) is 12.1 Å². The summed E-state index contributed by atoms with van der Waals surface area (Å²) in [6.45, 7) is 0.792. The molecule has 0 unspecified atom stereocenters. The first-order valence-corrected chi connectivity index (χ1v) is 6.35. The number of rotatable bonds is 1. The Balaban J connectivity index is 2.15. The molecular weight excluding hydrogens is 269 g/mol. The smallest absolute Gasteiger partial charge is 0.256 e. The SMILES string of the molecule is O=c1[nH]c(-c2ccc(F)cc2Cl)nc2c1CCCN2. The fourth-order valence-electron chi connectivity index (χ4n) is 2.16. The Morgan fingerprint density at radius 2 is 2.21 bits per heavy atom. The minimum atomic E-state index is -0.424. The molecule has 1 aromatic carbocycles. The van der Waals surface area contributed by atoms with Crippen LogP contribution in [0.15, 0.2) is 23.0 Å². The minimum absolute atomic E-state index is 0.174. The van der Waals surface area contributed by atoms with Crippen molar-refractivity contribution in [1.82, 2.24) is 9.97 Å². The second-order valence-electron chi connectivity index (χ2n) is 4.40. The number of nitrogens with one attached hydrogen (secondary N) is 2. The molecule has 0 atom stereocenters. The predicted molar refractivity (Wildman–Crippen MR) is 72.1 cm³/mol. The van der Waals surface area contributed by atoms with Crippen LogP contribution in [-0.2, 0) is 6.42 Å². The van der Waals surface area contributed by atoms with E-state index in [9.17, 15) is 9.18 Å². The van der Waals surface area contributed by atoms with Crippen molar-refractivity contribution in [2.75, 3.05) is 11.9 Å². The summed E-state index contributed by atoms with van der Waals surface area (Å²) < 4.78 is 13.0. The fourth-order valence-corrected chi connectivity index (χ4v) is 2.41. The lowest BCUT2D eigenvalue weighted by Gasteiger charge is -2.16. The molecule has 1 aliphatic rings. The van der Waals surface area contributed by atoms with Crippen molar-refractivity contribution in [2.45, 2.75) is 12.8 Å². The van der Waals surface area contributed by atoms with Crippen LogP contribution in [0.5, 0.6) is 0 Å². The molecule has 0 spiro atoms. The van der Waals surface area contributed by atoms with Gasteiger partial charge in [0.25, 0.3) is 5.56 Å². The van der Waals surface area contributed by atoms with Gasteiger partial charge in [-0.05, 0) is 31.0 Å². The molecule has 6 heteroatoms. The average molecular weight is 280 g/mol. The molecule has 0 bridgehead atoms. The van der Waals surface area contributed by atoms with Crippen LogP contribution in [0.3, 0.4) is 0 Å². The van der Waals surface area contributed by atoms with Crippen LogP contribution in [0.2, 0.25) is 5.02 Å². The lowest BCUT2D eigenvalue weighted by Crippen LogP contribution is -2.24. The first kappa shape index (κ1) is 12.2. The predicted octanol–water partition coefficient (Wildman–Crippen LogP) is 2.59. The monoisotopic (exact) mass is 279 g/mol. The van der Waals surface area contributed by atoms with Crippen LogP contribution in [0.1, 0.15) is 12.0 Å². The van der Waals surface area contributed by atoms with Crippen LogP contribution < -0.4 is 10.9 Å². The van der Waals surface area contributed by atoms with E-state index in [4.69, 9.17) is 11.6 Å². The van der Waals surface area contributed by atoms with Crippen molar-refractivity contribution in [2.24, 2.45) is 0 Å². The van der Waals surface area contributed by atoms with Crippen molar-refractivity contribution < 1.29 is 4.39 Å². The van der Waals surface area contributed by atoms with Gasteiger partial charge in [0.05, 0.1) is 10.6 Å². The van der Waals surface area contributed by atoms with E-state index in [0.717, 1.165) is 13.0 Å². The molecule has 0 radical (unpaired) electrons. The van der Waals surface area contributed by atoms with Crippen LogP contribution in [0.25, 0.3) is 11.4 Å². The highest BCUT2D eigenvalue weighted by Crippen LogP contribution is 2.27. The van der Waals surface area contributed by atoms with Gasteiger partial charge in [-0.25, -0.2) is 9.37 Å². The van der Waals surface area contributed by atoms with Gasteiger partial charge in [-0.1, -0.05) is 11.6 Å². The third kappa shape index (κ3) is 2.21. The summed E-state index contributed by atoms with van der Waals surface area (Å²) in [6.07, 6.45) is 1.62. The van der Waals surface area contributed by atoms with Gasteiger partial charge in [0.15, 0.2) is 0 Å². The lowest BCUT2D eigenvalue weighted by molar-refractivity contribution is 0.628. The van der Waals surface area contributed by atoms with E-state index < -0.39 is 5.82 Å².